The zero-order valence-corrected chi connectivity index (χ0v) is 18.5. The molecule has 0 saturated heterocycles. The molecule has 1 aliphatic rings. The summed E-state index contributed by atoms with van der Waals surface area (Å²) in [4.78, 5) is 26.2. The number of hydrogen-bond acceptors (Lipinski definition) is 9. The summed E-state index contributed by atoms with van der Waals surface area (Å²) in [6.45, 7) is 0. The molecule has 0 aliphatic heterocycles. The molecule has 1 unspecified atom stereocenters. The van der Waals surface area contributed by atoms with Crippen LogP contribution in [0.25, 0.3) is 16.6 Å². The Morgan fingerprint density at radius 3 is 2.50 bits per heavy atom. The minimum Gasteiger partial charge on any atom is -0.382 e. The van der Waals surface area contributed by atoms with Gasteiger partial charge in [-0.2, -0.15) is 20.5 Å². The Balaban J connectivity index is 1.81. The Bertz CT molecular complexity index is 1680. The Morgan fingerprint density at radius 2 is 1.83 bits per heavy atom. The molecular weight excluding hydrogens is 468 g/mol. The zero-order chi connectivity index (χ0) is 25.6. The van der Waals surface area contributed by atoms with E-state index in [0.29, 0.717) is 0 Å². The summed E-state index contributed by atoms with van der Waals surface area (Å²) < 4.78 is 29.6. The molecule has 4 aromatic rings. The number of rotatable bonds is 5. The SMILES string of the molecule is N#Cc1c(N)nc(N)nc1NC(c1nc2c(C#N)cc(F)cc2c(=O)n1-c1cccc(F)c1)C1CC1. The first-order chi connectivity index (χ1) is 17.3. The lowest BCUT2D eigenvalue weighted by Crippen LogP contribution is -2.30. The summed E-state index contributed by atoms with van der Waals surface area (Å²) in [5.41, 5.74) is 10.9. The lowest BCUT2D eigenvalue weighted by molar-refractivity contribution is 0.601. The normalized spacial score (nSPS) is 13.7. The van der Waals surface area contributed by atoms with E-state index in [4.69, 9.17) is 11.5 Å². The number of aromatic nitrogens is 4. The van der Waals surface area contributed by atoms with Gasteiger partial charge in [0.15, 0.2) is 5.82 Å². The van der Waals surface area contributed by atoms with Crippen molar-refractivity contribution in [2.75, 3.05) is 16.8 Å². The van der Waals surface area contributed by atoms with Crippen molar-refractivity contribution in [1.82, 2.24) is 19.5 Å². The van der Waals surface area contributed by atoms with Gasteiger partial charge in [-0.1, -0.05) is 6.07 Å². The first-order valence-electron chi connectivity index (χ1n) is 10.8. The number of nitrogens with one attached hydrogen (secondary N) is 1. The fourth-order valence-electron chi connectivity index (χ4n) is 4.11. The van der Waals surface area contributed by atoms with E-state index in [1.54, 1.807) is 0 Å². The molecule has 1 aliphatic carbocycles. The smallest absolute Gasteiger partial charge is 0.266 e. The summed E-state index contributed by atoms with van der Waals surface area (Å²) in [5, 5.41) is 22.2. The summed E-state index contributed by atoms with van der Waals surface area (Å²) in [6.07, 6.45) is 1.50. The second-order valence-electron chi connectivity index (χ2n) is 8.31. The fourth-order valence-corrected chi connectivity index (χ4v) is 4.11. The zero-order valence-electron chi connectivity index (χ0n) is 18.5. The van der Waals surface area contributed by atoms with E-state index in [9.17, 15) is 24.1 Å². The maximum Gasteiger partial charge on any atom is 0.266 e. The maximum atomic E-state index is 14.2. The van der Waals surface area contributed by atoms with Gasteiger partial charge in [-0.05, 0) is 49.1 Å². The minimum absolute atomic E-state index is 0.00113. The van der Waals surface area contributed by atoms with Gasteiger partial charge >= 0.3 is 0 Å². The van der Waals surface area contributed by atoms with Crippen molar-refractivity contribution < 1.29 is 8.78 Å². The number of nitrogens with two attached hydrogens (primary N) is 2. The monoisotopic (exact) mass is 485 g/mol. The summed E-state index contributed by atoms with van der Waals surface area (Å²) in [7, 11) is 0. The van der Waals surface area contributed by atoms with Crippen molar-refractivity contribution in [3.05, 3.63) is 75.3 Å². The van der Waals surface area contributed by atoms with Crippen molar-refractivity contribution in [2.24, 2.45) is 5.92 Å². The van der Waals surface area contributed by atoms with Crippen molar-refractivity contribution in [3.63, 3.8) is 0 Å². The van der Waals surface area contributed by atoms with Crippen molar-refractivity contribution in [2.45, 2.75) is 18.9 Å². The molecule has 5 rings (SSSR count). The fraction of sp³-hybridized carbons (Fsp3) is 0.167. The van der Waals surface area contributed by atoms with Crippen LogP contribution < -0.4 is 22.3 Å². The van der Waals surface area contributed by atoms with Gasteiger partial charge < -0.3 is 16.8 Å². The average molecular weight is 485 g/mol. The minimum atomic E-state index is -0.779. The predicted molar refractivity (Wildman–Crippen MR) is 127 cm³/mol. The van der Waals surface area contributed by atoms with Gasteiger partial charge in [0.05, 0.1) is 28.2 Å². The molecule has 178 valence electrons. The molecule has 2 heterocycles. The highest BCUT2D eigenvalue weighted by Crippen LogP contribution is 2.43. The van der Waals surface area contributed by atoms with Crippen molar-refractivity contribution >= 4 is 28.5 Å². The first kappa shape index (κ1) is 22.7. The second-order valence-corrected chi connectivity index (χ2v) is 8.31. The van der Waals surface area contributed by atoms with Crippen LogP contribution in [0.2, 0.25) is 0 Å². The van der Waals surface area contributed by atoms with Crippen LogP contribution in [-0.2, 0) is 0 Å². The maximum absolute atomic E-state index is 14.2. The van der Waals surface area contributed by atoms with Gasteiger partial charge in [0, 0.05) is 0 Å². The molecule has 2 aromatic carbocycles. The number of hydrogen-bond donors (Lipinski definition) is 3. The van der Waals surface area contributed by atoms with Crippen LogP contribution >= 0.6 is 0 Å². The Kier molecular flexibility index (Phi) is 5.42. The van der Waals surface area contributed by atoms with E-state index in [2.05, 4.69) is 20.3 Å². The first-order valence-corrected chi connectivity index (χ1v) is 10.8. The standard InChI is InChI=1S/C24H17F2N9O/c25-13-2-1-3-15(7-13)35-22(32-18-12(9-27)6-14(26)8-16(18)23(35)36)19(11-4-5-11)31-21-17(10-28)20(29)33-24(30)34-21/h1-3,6-8,11,19H,4-5H2,(H5,29,30,31,33,34). The highest BCUT2D eigenvalue weighted by atomic mass is 19.1. The third-order valence-corrected chi connectivity index (χ3v) is 5.88. The molecule has 36 heavy (non-hydrogen) atoms. The van der Waals surface area contributed by atoms with E-state index in [0.717, 1.165) is 31.0 Å². The molecule has 1 atom stereocenters. The average Bonchev–Trinajstić information content (AvgIpc) is 3.67. The molecule has 2 aromatic heterocycles. The number of nitrogens with zero attached hydrogens (tertiary/aromatic N) is 6. The summed E-state index contributed by atoms with van der Waals surface area (Å²) >= 11 is 0. The number of anilines is 3. The highest BCUT2D eigenvalue weighted by Gasteiger charge is 2.37. The van der Waals surface area contributed by atoms with Crippen LogP contribution in [0.3, 0.4) is 0 Å². The number of nitriles is 2. The molecule has 0 bridgehead atoms. The van der Waals surface area contributed by atoms with Gasteiger partial charge in [0.25, 0.3) is 5.56 Å². The van der Waals surface area contributed by atoms with E-state index in [1.807, 2.05) is 12.1 Å². The van der Waals surface area contributed by atoms with E-state index in [-0.39, 0.29) is 57.0 Å². The van der Waals surface area contributed by atoms with Gasteiger partial charge in [0.2, 0.25) is 5.95 Å². The van der Waals surface area contributed by atoms with Crippen LogP contribution in [0, 0.1) is 40.2 Å². The number of fused-ring (bicyclic) bond motifs is 1. The number of nitrogen functional groups attached to an aromatic ring is 2. The van der Waals surface area contributed by atoms with Gasteiger partial charge in [0.1, 0.15) is 41.0 Å². The lowest BCUT2D eigenvalue weighted by atomic mass is 10.1. The third-order valence-electron chi connectivity index (χ3n) is 5.88. The largest absolute Gasteiger partial charge is 0.382 e. The topological polar surface area (TPSA) is 172 Å². The summed E-state index contributed by atoms with van der Waals surface area (Å²) in [6, 6.07) is 10.4. The highest BCUT2D eigenvalue weighted by molar-refractivity contribution is 5.84. The van der Waals surface area contributed by atoms with Crippen molar-refractivity contribution in [1.29, 1.82) is 10.5 Å². The lowest BCUT2D eigenvalue weighted by Gasteiger charge is -2.24. The quantitative estimate of drug-likeness (QED) is 0.384. The van der Waals surface area contributed by atoms with Crippen LogP contribution in [0.15, 0.2) is 41.2 Å². The molecular formula is C24H17F2N9O. The molecule has 10 nitrogen and oxygen atoms in total. The molecule has 0 radical (unpaired) electrons. The number of halogens is 2. The molecule has 0 amide bonds. The molecule has 1 saturated carbocycles. The Morgan fingerprint density at radius 1 is 1.06 bits per heavy atom. The van der Waals surface area contributed by atoms with Crippen LogP contribution in [0.1, 0.15) is 35.8 Å². The van der Waals surface area contributed by atoms with E-state index in [1.165, 1.54) is 22.8 Å². The molecule has 5 N–H and O–H groups in total. The Hall–Kier alpha value is -5.10. The van der Waals surface area contributed by atoms with Gasteiger partial charge in [-0.15, -0.1) is 0 Å². The van der Waals surface area contributed by atoms with Gasteiger partial charge in [-0.3, -0.25) is 9.36 Å². The van der Waals surface area contributed by atoms with Gasteiger partial charge in [-0.25, -0.2) is 13.8 Å². The Labute approximate surface area is 202 Å². The predicted octanol–water partition coefficient (Wildman–Crippen LogP) is 2.92. The van der Waals surface area contributed by atoms with E-state index < -0.39 is 23.2 Å². The van der Waals surface area contributed by atoms with Crippen LogP contribution in [0.4, 0.5) is 26.4 Å². The molecule has 0 spiro atoms. The second kappa shape index (κ2) is 8.60. The van der Waals surface area contributed by atoms with Crippen LogP contribution in [0.5, 0.6) is 0 Å². The third kappa shape index (κ3) is 3.91. The molecule has 1 fully saturated rings. The summed E-state index contributed by atoms with van der Waals surface area (Å²) in [5.74, 6) is -1.55. The number of benzene rings is 2. The van der Waals surface area contributed by atoms with Crippen LogP contribution in [-0.4, -0.2) is 19.5 Å². The van der Waals surface area contributed by atoms with E-state index >= 15 is 0 Å². The van der Waals surface area contributed by atoms with Crippen molar-refractivity contribution in [3.8, 4) is 17.8 Å². The molecule has 12 heteroatoms.